The van der Waals surface area contributed by atoms with E-state index in [0.717, 1.165) is 21.7 Å². The number of hydrogen-bond donors (Lipinski definition) is 1. The average Bonchev–Trinajstić information content (AvgIpc) is 2.74. The first-order valence-corrected chi connectivity index (χ1v) is 6.88. The number of rotatable bonds is 2. The molecule has 0 fully saturated rings. The van der Waals surface area contributed by atoms with Gasteiger partial charge in [0.1, 0.15) is 11.5 Å². The van der Waals surface area contributed by atoms with Crippen molar-refractivity contribution in [3.05, 3.63) is 22.4 Å². The quantitative estimate of drug-likeness (QED) is 0.923. The number of nitrogens with zero attached hydrogens (tertiary/aromatic N) is 4. The molecule has 2 aromatic heterocycles. The topological polar surface area (TPSA) is 55.6 Å². The Kier molecular flexibility index (Phi) is 3.62. The van der Waals surface area contributed by atoms with E-state index >= 15 is 0 Å². The molecule has 2 aromatic rings. The van der Waals surface area contributed by atoms with Gasteiger partial charge in [0.25, 0.3) is 0 Å². The molecule has 5 nitrogen and oxygen atoms in total. The predicted molar refractivity (Wildman–Crippen MR) is 80.2 cm³/mol. The minimum atomic E-state index is -0.0687. The molecule has 2 rings (SSSR count). The maximum Gasteiger partial charge on any atom is 0.180 e. The molecule has 0 aromatic carbocycles. The zero-order valence-electron chi connectivity index (χ0n) is 11.8. The first-order valence-electron chi connectivity index (χ1n) is 6.08. The lowest BCUT2D eigenvalue weighted by molar-refractivity contribution is 0.564. The van der Waals surface area contributed by atoms with E-state index in [1.165, 1.54) is 0 Å². The Labute approximate surface area is 121 Å². The summed E-state index contributed by atoms with van der Waals surface area (Å²) in [4.78, 5) is 9.23. The SMILES string of the molecule is CNc1nc(-c2ccnn2C)nc(C(C)(C)C)c1Br. The summed E-state index contributed by atoms with van der Waals surface area (Å²) in [6.07, 6.45) is 1.75. The number of hydrogen-bond acceptors (Lipinski definition) is 4. The van der Waals surface area contributed by atoms with Gasteiger partial charge in [0.15, 0.2) is 5.82 Å². The van der Waals surface area contributed by atoms with E-state index in [1.807, 2.05) is 20.2 Å². The van der Waals surface area contributed by atoms with Crippen molar-refractivity contribution in [1.82, 2.24) is 19.7 Å². The van der Waals surface area contributed by atoms with Crippen LogP contribution < -0.4 is 5.32 Å². The molecule has 0 aliphatic heterocycles. The van der Waals surface area contributed by atoms with Crippen molar-refractivity contribution in [3.8, 4) is 11.5 Å². The van der Waals surface area contributed by atoms with Crippen molar-refractivity contribution in [3.63, 3.8) is 0 Å². The molecule has 0 aliphatic rings. The summed E-state index contributed by atoms with van der Waals surface area (Å²) < 4.78 is 2.68. The zero-order valence-corrected chi connectivity index (χ0v) is 13.4. The van der Waals surface area contributed by atoms with Crippen LogP contribution in [0.2, 0.25) is 0 Å². The molecule has 0 saturated heterocycles. The van der Waals surface area contributed by atoms with Gasteiger partial charge in [-0.05, 0) is 22.0 Å². The van der Waals surface area contributed by atoms with Crippen LogP contribution in [-0.2, 0) is 12.5 Å². The summed E-state index contributed by atoms with van der Waals surface area (Å²) in [5.41, 5.74) is 1.80. The number of aromatic nitrogens is 4. The van der Waals surface area contributed by atoms with Gasteiger partial charge >= 0.3 is 0 Å². The molecule has 19 heavy (non-hydrogen) atoms. The highest BCUT2D eigenvalue weighted by Crippen LogP contribution is 2.34. The molecule has 0 unspecified atom stereocenters. The molecule has 0 spiro atoms. The monoisotopic (exact) mass is 323 g/mol. The second-order valence-corrected chi connectivity index (χ2v) is 6.19. The van der Waals surface area contributed by atoms with E-state index in [1.54, 1.807) is 10.9 Å². The fourth-order valence-electron chi connectivity index (χ4n) is 1.82. The van der Waals surface area contributed by atoms with E-state index in [9.17, 15) is 0 Å². The van der Waals surface area contributed by atoms with E-state index in [0.29, 0.717) is 5.82 Å². The number of halogens is 1. The maximum absolute atomic E-state index is 4.70. The highest BCUT2D eigenvalue weighted by Gasteiger charge is 2.23. The number of anilines is 1. The molecule has 2 heterocycles. The van der Waals surface area contributed by atoms with Gasteiger partial charge in [-0.15, -0.1) is 0 Å². The van der Waals surface area contributed by atoms with Crippen LogP contribution in [0.15, 0.2) is 16.7 Å². The number of aryl methyl sites for hydroxylation is 1. The van der Waals surface area contributed by atoms with Crippen LogP contribution in [0.25, 0.3) is 11.5 Å². The Morgan fingerprint density at radius 3 is 2.42 bits per heavy atom. The van der Waals surface area contributed by atoms with E-state index in [2.05, 4.69) is 52.1 Å². The van der Waals surface area contributed by atoms with Crippen LogP contribution in [0.1, 0.15) is 26.5 Å². The highest BCUT2D eigenvalue weighted by atomic mass is 79.9. The Morgan fingerprint density at radius 1 is 1.26 bits per heavy atom. The fraction of sp³-hybridized carbons (Fsp3) is 0.462. The van der Waals surface area contributed by atoms with Crippen LogP contribution in [0.3, 0.4) is 0 Å². The highest BCUT2D eigenvalue weighted by molar-refractivity contribution is 9.10. The van der Waals surface area contributed by atoms with Crippen molar-refractivity contribution in [2.75, 3.05) is 12.4 Å². The lowest BCUT2D eigenvalue weighted by Crippen LogP contribution is -2.17. The summed E-state index contributed by atoms with van der Waals surface area (Å²) in [7, 11) is 3.74. The summed E-state index contributed by atoms with van der Waals surface area (Å²) in [6.45, 7) is 6.39. The largest absolute Gasteiger partial charge is 0.372 e. The lowest BCUT2D eigenvalue weighted by atomic mass is 9.92. The summed E-state index contributed by atoms with van der Waals surface area (Å²) in [5, 5.41) is 7.27. The molecule has 0 amide bonds. The van der Waals surface area contributed by atoms with Crippen LogP contribution in [-0.4, -0.2) is 26.8 Å². The molecule has 1 N–H and O–H groups in total. The van der Waals surface area contributed by atoms with Gasteiger partial charge in [0.05, 0.1) is 10.2 Å². The standard InChI is InChI=1S/C13H18BrN5/c1-13(2,3)10-9(14)12(15-4)18-11(17-10)8-6-7-16-19(8)5/h6-7H,1-5H3,(H,15,17,18). The van der Waals surface area contributed by atoms with E-state index in [4.69, 9.17) is 4.98 Å². The minimum Gasteiger partial charge on any atom is -0.372 e. The van der Waals surface area contributed by atoms with Crippen molar-refractivity contribution >= 4 is 21.7 Å². The molecule has 0 aliphatic carbocycles. The third-order valence-electron chi connectivity index (χ3n) is 2.85. The minimum absolute atomic E-state index is 0.0687. The summed E-state index contributed by atoms with van der Waals surface area (Å²) in [5.74, 6) is 1.47. The van der Waals surface area contributed by atoms with Crippen molar-refractivity contribution in [1.29, 1.82) is 0 Å². The van der Waals surface area contributed by atoms with Crippen LogP contribution >= 0.6 is 15.9 Å². The maximum atomic E-state index is 4.70. The normalized spacial score (nSPS) is 11.7. The zero-order chi connectivity index (χ0) is 14.2. The Hall–Kier alpha value is -1.43. The van der Waals surface area contributed by atoms with Gasteiger partial charge in [-0.25, -0.2) is 9.97 Å². The van der Waals surface area contributed by atoms with Crippen LogP contribution in [0.4, 0.5) is 5.82 Å². The van der Waals surface area contributed by atoms with Gasteiger partial charge in [-0.1, -0.05) is 20.8 Å². The molecule has 0 radical (unpaired) electrons. The third kappa shape index (κ3) is 2.63. The molecular formula is C13H18BrN5. The summed E-state index contributed by atoms with van der Waals surface area (Å²) >= 11 is 3.58. The second kappa shape index (κ2) is 4.92. The predicted octanol–water partition coefficient (Wildman–Crippen LogP) is 2.98. The van der Waals surface area contributed by atoms with Crippen LogP contribution in [0, 0.1) is 0 Å². The first-order chi connectivity index (χ1) is 8.84. The molecule has 6 heteroatoms. The fourth-order valence-corrected chi connectivity index (χ4v) is 2.79. The van der Waals surface area contributed by atoms with Gasteiger partial charge in [0, 0.05) is 25.7 Å². The Morgan fingerprint density at radius 2 is 1.95 bits per heavy atom. The molecular weight excluding hydrogens is 306 g/mol. The summed E-state index contributed by atoms with van der Waals surface area (Å²) in [6, 6.07) is 1.91. The molecule has 0 bridgehead atoms. The van der Waals surface area contributed by atoms with Gasteiger partial charge < -0.3 is 5.32 Å². The van der Waals surface area contributed by atoms with Gasteiger partial charge in [-0.3, -0.25) is 4.68 Å². The molecule has 102 valence electrons. The van der Waals surface area contributed by atoms with E-state index in [-0.39, 0.29) is 5.41 Å². The molecule has 0 atom stereocenters. The molecule has 0 saturated carbocycles. The Bertz CT molecular complexity index is 598. The smallest absolute Gasteiger partial charge is 0.180 e. The van der Waals surface area contributed by atoms with Gasteiger partial charge in [-0.2, -0.15) is 5.10 Å². The van der Waals surface area contributed by atoms with E-state index < -0.39 is 0 Å². The Balaban J connectivity index is 2.68. The van der Waals surface area contributed by atoms with Crippen molar-refractivity contribution < 1.29 is 0 Å². The number of nitrogens with one attached hydrogen (secondary N) is 1. The van der Waals surface area contributed by atoms with Crippen molar-refractivity contribution in [2.24, 2.45) is 7.05 Å². The van der Waals surface area contributed by atoms with Crippen LogP contribution in [0.5, 0.6) is 0 Å². The average molecular weight is 324 g/mol. The first kappa shape index (κ1) is 14.0. The van der Waals surface area contributed by atoms with Gasteiger partial charge in [0.2, 0.25) is 0 Å². The second-order valence-electron chi connectivity index (χ2n) is 5.40. The van der Waals surface area contributed by atoms with Crippen molar-refractivity contribution in [2.45, 2.75) is 26.2 Å². The lowest BCUT2D eigenvalue weighted by Gasteiger charge is -2.21. The third-order valence-corrected chi connectivity index (χ3v) is 3.60.